The Morgan fingerprint density at radius 3 is 1.15 bits per heavy atom. The Bertz CT molecular complexity index is 2480. The van der Waals surface area contributed by atoms with E-state index in [-0.39, 0.29) is 23.1 Å². The maximum absolute atomic E-state index is 14.6. The molecule has 0 fully saturated rings. The number of nitrogens with one attached hydrogen (secondary N) is 2. The van der Waals surface area contributed by atoms with Crippen LogP contribution in [-0.2, 0) is 51.4 Å². The Morgan fingerprint density at radius 2 is 0.770 bits per heavy atom. The van der Waals surface area contributed by atoms with E-state index in [0.29, 0.717) is 29.0 Å². The highest BCUT2D eigenvalue weighted by molar-refractivity contribution is 5.81. The van der Waals surface area contributed by atoms with Gasteiger partial charge in [-0.15, -0.1) is 0 Å². The normalized spacial score (nSPS) is 16.7. The first kappa shape index (κ1) is 39.5. The molecule has 0 saturated carbocycles. The van der Waals surface area contributed by atoms with E-state index in [1.807, 2.05) is 73.3 Å². The first-order valence-corrected chi connectivity index (χ1v) is 23.2. The summed E-state index contributed by atoms with van der Waals surface area (Å²) in [5.74, 6) is 1.35. The molecule has 6 nitrogen and oxygen atoms in total. The number of rotatable bonds is 10. The maximum atomic E-state index is 14.6. The molecule has 0 saturated heterocycles. The lowest BCUT2D eigenvalue weighted by Gasteiger charge is -2.27. The van der Waals surface area contributed by atoms with Gasteiger partial charge in [-0.25, -0.2) is 0 Å². The molecule has 2 aromatic heterocycles. The minimum Gasteiger partial charge on any atom is -0.490 e. The zero-order valence-corrected chi connectivity index (χ0v) is 35.9. The van der Waals surface area contributed by atoms with E-state index >= 15 is 0 Å². The van der Waals surface area contributed by atoms with Gasteiger partial charge in [-0.3, -0.25) is 9.59 Å². The van der Waals surface area contributed by atoms with Crippen LogP contribution in [0.4, 0.5) is 0 Å². The van der Waals surface area contributed by atoms with E-state index in [0.717, 1.165) is 73.6 Å². The van der Waals surface area contributed by atoms with Gasteiger partial charge in [-0.1, -0.05) is 48.5 Å². The number of aromatic nitrogens is 2. The van der Waals surface area contributed by atoms with E-state index in [9.17, 15) is 9.59 Å². The molecular formula is C55H58N2O4. The highest BCUT2D eigenvalue weighted by Gasteiger charge is 2.28. The number of para-hydroxylation sites is 2. The number of aryl methyl sites for hydroxylation is 4. The van der Waals surface area contributed by atoms with E-state index in [4.69, 9.17) is 9.47 Å². The fraction of sp³-hybridized carbons (Fsp3) is 0.382. The van der Waals surface area contributed by atoms with Crippen LogP contribution in [0.5, 0.6) is 11.5 Å². The Kier molecular flexibility index (Phi) is 11.0. The summed E-state index contributed by atoms with van der Waals surface area (Å²) in [6.45, 7) is 4.11. The largest absolute Gasteiger partial charge is 0.490 e. The number of pyridine rings is 2. The van der Waals surface area contributed by atoms with Crippen molar-refractivity contribution in [2.75, 3.05) is 0 Å². The van der Waals surface area contributed by atoms with Gasteiger partial charge in [0, 0.05) is 64.6 Å². The summed E-state index contributed by atoms with van der Waals surface area (Å²) in [7, 11) is 0. The van der Waals surface area contributed by atoms with Crippen molar-refractivity contribution in [2.24, 2.45) is 0 Å². The van der Waals surface area contributed by atoms with Gasteiger partial charge >= 0.3 is 0 Å². The van der Waals surface area contributed by atoms with E-state index in [1.165, 1.54) is 107 Å². The minimum atomic E-state index is -0.221. The minimum absolute atomic E-state index is 0.0496. The number of benzene rings is 4. The SMILES string of the molecule is C[C@H](C[C@@H](C)Oc1ccccc1-c1c[nH]cc(-c2c3c(cc4c2CCCC4)CCCC3)c1=O)Oc1ccccc1-c1c[nH]cc(-c2c3c(cc4c2CCCC4)CCCC3)c1=O. The van der Waals surface area contributed by atoms with Crippen LogP contribution >= 0.6 is 0 Å². The van der Waals surface area contributed by atoms with Gasteiger partial charge in [0.2, 0.25) is 0 Å². The molecule has 312 valence electrons. The number of ether oxygens (including phenoxy) is 2. The van der Waals surface area contributed by atoms with Crippen LogP contribution in [0.2, 0.25) is 0 Å². The van der Waals surface area contributed by atoms with Gasteiger partial charge in [-0.2, -0.15) is 0 Å². The van der Waals surface area contributed by atoms with Gasteiger partial charge in [0.15, 0.2) is 10.9 Å². The number of hydrogen-bond donors (Lipinski definition) is 2. The third-order valence-corrected chi connectivity index (χ3v) is 14.0. The summed E-state index contributed by atoms with van der Waals surface area (Å²) < 4.78 is 13.4. The first-order valence-electron chi connectivity index (χ1n) is 23.2. The zero-order valence-electron chi connectivity index (χ0n) is 35.9. The van der Waals surface area contributed by atoms with Crippen molar-refractivity contribution in [3.05, 3.63) is 150 Å². The molecule has 61 heavy (non-hydrogen) atoms. The number of H-pyrrole nitrogens is 2. The quantitative estimate of drug-likeness (QED) is 0.144. The number of fused-ring (bicyclic) bond motifs is 4. The molecule has 10 rings (SSSR count). The Morgan fingerprint density at radius 1 is 0.443 bits per heavy atom. The summed E-state index contributed by atoms with van der Waals surface area (Å²) in [4.78, 5) is 36.0. The first-order chi connectivity index (χ1) is 29.9. The standard InChI is InChI=1S/C55H58N2O4/c1-34(60-50-25-13-11-23-44(50)46-30-56-32-48(54(46)58)52-40-19-7-3-15-36(40)28-37-16-4-8-20-41(37)52)27-35(2)61-51-26-14-12-24-45(51)47-31-57-33-49(55(47)59)53-42-21-9-5-17-38(42)29-39-18-6-10-22-43(39)53/h11-14,23-26,28-35H,3-10,15-22,27H2,1-2H3,(H,56,58)(H,57,59)/t34-,35-/m1/s1. The summed E-state index contributed by atoms with van der Waals surface area (Å²) in [5, 5.41) is 0. The molecule has 4 aliphatic rings. The third-order valence-electron chi connectivity index (χ3n) is 14.0. The van der Waals surface area contributed by atoms with Crippen molar-refractivity contribution >= 4 is 0 Å². The summed E-state index contributed by atoms with van der Waals surface area (Å²) in [6.07, 6.45) is 25.7. The van der Waals surface area contributed by atoms with Crippen LogP contribution in [0.1, 0.15) is 116 Å². The molecule has 4 aliphatic carbocycles. The summed E-state index contributed by atoms with van der Waals surface area (Å²) >= 11 is 0. The average molecular weight is 811 g/mol. The lowest BCUT2D eigenvalue weighted by atomic mass is 9.77. The Hall–Kier alpha value is -5.62. The Labute approximate surface area is 359 Å². The van der Waals surface area contributed by atoms with Crippen LogP contribution < -0.4 is 20.3 Å². The van der Waals surface area contributed by atoms with Gasteiger partial charge in [-0.05, 0) is 184 Å². The lowest BCUT2D eigenvalue weighted by molar-refractivity contribution is 0.131. The van der Waals surface area contributed by atoms with Crippen molar-refractivity contribution in [1.29, 1.82) is 0 Å². The van der Waals surface area contributed by atoms with Gasteiger partial charge in [0.25, 0.3) is 0 Å². The molecule has 2 atom stereocenters. The highest BCUT2D eigenvalue weighted by atomic mass is 16.5. The molecule has 0 spiro atoms. The molecule has 6 heteroatoms. The second-order valence-corrected chi connectivity index (χ2v) is 18.2. The molecule has 2 heterocycles. The van der Waals surface area contributed by atoms with E-state index in [1.54, 1.807) is 0 Å². The molecule has 0 unspecified atom stereocenters. The molecule has 6 aromatic rings. The predicted octanol–water partition coefficient (Wildman–Crippen LogP) is 11.9. The molecule has 2 N–H and O–H groups in total. The summed E-state index contributed by atoms with van der Waals surface area (Å²) in [5.41, 5.74) is 18.2. The fourth-order valence-corrected chi connectivity index (χ4v) is 11.3. The molecular weight excluding hydrogens is 753 g/mol. The van der Waals surface area contributed by atoms with Crippen LogP contribution in [0.15, 0.2) is 95.0 Å². The third kappa shape index (κ3) is 7.57. The van der Waals surface area contributed by atoms with Crippen molar-refractivity contribution in [3.63, 3.8) is 0 Å². The smallest absolute Gasteiger partial charge is 0.197 e. The molecule has 0 aliphatic heterocycles. The van der Waals surface area contributed by atoms with Crippen LogP contribution in [-0.4, -0.2) is 22.2 Å². The topological polar surface area (TPSA) is 84.2 Å². The van der Waals surface area contributed by atoms with Crippen molar-refractivity contribution in [1.82, 2.24) is 9.97 Å². The Balaban J connectivity index is 0.906. The van der Waals surface area contributed by atoms with Crippen LogP contribution in [0.3, 0.4) is 0 Å². The second-order valence-electron chi connectivity index (χ2n) is 18.2. The van der Waals surface area contributed by atoms with E-state index < -0.39 is 0 Å². The average Bonchev–Trinajstić information content (AvgIpc) is 3.28. The summed E-state index contributed by atoms with van der Waals surface area (Å²) in [6, 6.07) is 20.7. The van der Waals surface area contributed by atoms with Crippen molar-refractivity contribution in [2.45, 2.75) is 135 Å². The zero-order chi connectivity index (χ0) is 41.5. The number of aromatic amines is 2. The van der Waals surface area contributed by atoms with Gasteiger partial charge in [0.05, 0.1) is 12.2 Å². The molecule has 0 amide bonds. The predicted molar refractivity (Wildman–Crippen MR) is 247 cm³/mol. The molecule has 0 radical (unpaired) electrons. The van der Waals surface area contributed by atoms with Gasteiger partial charge < -0.3 is 19.4 Å². The van der Waals surface area contributed by atoms with E-state index in [2.05, 4.69) is 35.9 Å². The molecule has 0 bridgehead atoms. The fourth-order valence-electron chi connectivity index (χ4n) is 11.3. The monoisotopic (exact) mass is 810 g/mol. The van der Waals surface area contributed by atoms with Crippen LogP contribution in [0.25, 0.3) is 44.5 Å². The molecule has 4 aromatic carbocycles. The van der Waals surface area contributed by atoms with Crippen molar-refractivity contribution in [3.8, 4) is 56.0 Å². The second kappa shape index (κ2) is 17.0. The lowest BCUT2D eigenvalue weighted by Crippen LogP contribution is -2.23. The van der Waals surface area contributed by atoms with Gasteiger partial charge in [0.1, 0.15) is 11.5 Å². The highest BCUT2D eigenvalue weighted by Crippen LogP contribution is 2.42. The maximum Gasteiger partial charge on any atom is 0.197 e. The van der Waals surface area contributed by atoms with Crippen molar-refractivity contribution < 1.29 is 9.47 Å². The van der Waals surface area contributed by atoms with Crippen LogP contribution in [0, 0.1) is 0 Å². The number of hydrogen-bond acceptors (Lipinski definition) is 4.